The molecule has 0 aromatic heterocycles. The fourth-order valence-corrected chi connectivity index (χ4v) is 4.43. The predicted molar refractivity (Wildman–Crippen MR) is 128 cm³/mol. The molecule has 3 N–H and O–H groups in total. The Kier molecular flexibility index (Phi) is 12.4. The first kappa shape index (κ1) is 25.5. The standard InChI is InChI=1S/C21H41N5O.HI/c1-4-23-21(25(3)15-18-10-8-17(2)9-11-18)24-12-6-14-26-13-5-7-19(16-26)20(22)27;/h17-19H,4-16H2,1-3H3,(H2,22,27)(H,23,24);1H. The van der Waals surface area contributed by atoms with Gasteiger partial charge in [0.15, 0.2) is 5.96 Å². The SMILES string of the molecule is CCNC(=NCCCN1CCCC(C(N)=O)C1)N(C)CC1CCC(C)CC1.I. The molecule has 0 spiro atoms. The summed E-state index contributed by atoms with van der Waals surface area (Å²) in [4.78, 5) is 20.9. The van der Waals surface area contributed by atoms with Crippen molar-refractivity contribution in [1.82, 2.24) is 15.1 Å². The zero-order chi connectivity index (χ0) is 19.6. The highest BCUT2D eigenvalue weighted by atomic mass is 127. The van der Waals surface area contributed by atoms with Crippen molar-refractivity contribution in [2.45, 2.75) is 58.8 Å². The molecule has 1 saturated carbocycles. The van der Waals surface area contributed by atoms with Crippen LogP contribution < -0.4 is 11.1 Å². The fourth-order valence-electron chi connectivity index (χ4n) is 4.43. The first-order valence-electron chi connectivity index (χ1n) is 11.0. The van der Waals surface area contributed by atoms with E-state index in [9.17, 15) is 4.79 Å². The molecule has 1 heterocycles. The Balaban J connectivity index is 0.00000392. The smallest absolute Gasteiger partial charge is 0.221 e. The number of likely N-dealkylation sites (tertiary alicyclic amines) is 1. The minimum absolute atomic E-state index is 0. The van der Waals surface area contributed by atoms with Crippen LogP contribution in [0.1, 0.15) is 58.8 Å². The molecule has 28 heavy (non-hydrogen) atoms. The lowest BCUT2D eigenvalue weighted by Crippen LogP contribution is -2.42. The maximum absolute atomic E-state index is 11.4. The predicted octanol–water partition coefficient (Wildman–Crippen LogP) is 2.92. The minimum Gasteiger partial charge on any atom is -0.369 e. The Labute approximate surface area is 189 Å². The molecule has 2 fully saturated rings. The number of halogens is 1. The molecular weight excluding hydrogens is 465 g/mol. The molecule has 6 nitrogen and oxygen atoms in total. The quantitative estimate of drug-likeness (QED) is 0.229. The number of hydrogen-bond donors (Lipinski definition) is 2. The van der Waals surface area contributed by atoms with E-state index in [1.54, 1.807) is 0 Å². The summed E-state index contributed by atoms with van der Waals surface area (Å²) in [7, 11) is 2.17. The van der Waals surface area contributed by atoms with Gasteiger partial charge < -0.3 is 20.9 Å². The van der Waals surface area contributed by atoms with Crippen molar-refractivity contribution in [3.8, 4) is 0 Å². The number of aliphatic imine (C=N–C) groups is 1. The van der Waals surface area contributed by atoms with Gasteiger partial charge in [0, 0.05) is 33.2 Å². The number of piperidine rings is 1. The Morgan fingerprint density at radius 1 is 1.25 bits per heavy atom. The van der Waals surface area contributed by atoms with E-state index in [0.717, 1.165) is 76.3 Å². The number of rotatable bonds is 8. The van der Waals surface area contributed by atoms with Crippen LogP contribution in [0.2, 0.25) is 0 Å². The van der Waals surface area contributed by atoms with Crippen molar-refractivity contribution in [3.63, 3.8) is 0 Å². The van der Waals surface area contributed by atoms with Crippen molar-refractivity contribution in [3.05, 3.63) is 0 Å². The highest BCUT2D eigenvalue weighted by Crippen LogP contribution is 2.28. The topological polar surface area (TPSA) is 74.0 Å². The van der Waals surface area contributed by atoms with Crippen molar-refractivity contribution in [1.29, 1.82) is 0 Å². The van der Waals surface area contributed by atoms with Crippen LogP contribution in [0.15, 0.2) is 4.99 Å². The van der Waals surface area contributed by atoms with E-state index in [2.05, 4.69) is 36.0 Å². The molecule has 0 aromatic carbocycles. The van der Waals surface area contributed by atoms with Crippen LogP contribution in [-0.4, -0.2) is 68.0 Å². The second-order valence-electron chi connectivity index (χ2n) is 8.64. The molecule has 1 atom stereocenters. The number of nitrogens with zero attached hydrogens (tertiary/aromatic N) is 3. The number of nitrogens with two attached hydrogens (primary N) is 1. The first-order chi connectivity index (χ1) is 13.0. The summed E-state index contributed by atoms with van der Waals surface area (Å²) in [5.41, 5.74) is 5.47. The van der Waals surface area contributed by atoms with Crippen LogP contribution >= 0.6 is 24.0 Å². The van der Waals surface area contributed by atoms with Gasteiger partial charge in [-0.2, -0.15) is 0 Å². The molecule has 1 amide bonds. The van der Waals surface area contributed by atoms with E-state index in [4.69, 9.17) is 10.7 Å². The molecule has 2 rings (SSSR count). The normalized spacial score (nSPS) is 26.4. The van der Waals surface area contributed by atoms with Gasteiger partial charge in [0.2, 0.25) is 5.91 Å². The summed E-state index contributed by atoms with van der Waals surface area (Å²) >= 11 is 0. The Bertz CT molecular complexity index is 479. The van der Waals surface area contributed by atoms with Gasteiger partial charge in [-0.25, -0.2) is 0 Å². The van der Waals surface area contributed by atoms with Gasteiger partial charge >= 0.3 is 0 Å². The van der Waals surface area contributed by atoms with Gasteiger partial charge in [0.1, 0.15) is 0 Å². The maximum atomic E-state index is 11.4. The zero-order valence-electron chi connectivity index (χ0n) is 18.2. The molecule has 7 heteroatoms. The molecule has 0 bridgehead atoms. The Hall–Kier alpha value is -0.570. The number of primary amides is 1. The van der Waals surface area contributed by atoms with E-state index in [0.29, 0.717) is 0 Å². The highest BCUT2D eigenvalue weighted by Gasteiger charge is 2.23. The van der Waals surface area contributed by atoms with Crippen LogP contribution in [0.4, 0.5) is 0 Å². The molecule has 1 aliphatic heterocycles. The molecular formula is C21H42IN5O. The van der Waals surface area contributed by atoms with Crippen molar-refractivity contribution >= 4 is 35.8 Å². The van der Waals surface area contributed by atoms with Crippen LogP contribution in [0.3, 0.4) is 0 Å². The van der Waals surface area contributed by atoms with Crippen molar-refractivity contribution < 1.29 is 4.79 Å². The minimum atomic E-state index is -0.147. The van der Waals surface area contributed by atoms with Crippen LogP contribution in [0.25, 0.3) is 0 Å². The Morgan fingerprint density at radius 2 is 1.96 bits per heavy atom. The highest BCUT2D eigenvalue weighted by molar-refractivity contribution is 14.0. The lowest BCUT2D eigenvalue weighted by molar-refractivity contribution is -0.123. The second kappa shape index (κ2) is 13.6. The van der Waals surface area contributed by atoms with Crippen LogP contribution in [0, 0.1) is 17.8 Å². The number of carbonyl (C=O) groups excluding carboxylic acids is 1. The lowest BCUT2D eigenvalue weighted by Gasteiger charge is -2.32. The molecule has 1 unspecified atom stereocenters. The Morgan fingerprint density at radius 3 is 2.61 bits per heavy atom. The van der Waals surface area contributed by atoms with Crippen molar-refractivity contribution in [2.24, 2.45) is 28.5 Å². The van der Waals surface area contributed by atoms with E-state index in [1.807, 2.05) is 0 Å². The maximum Gasteiger partial charge on any atom is 0.221 e. The average Bonchev–Trinajstić information content (AvgIpc) is 2.66. The summed E-state index contributed by atoms with van der Waals surface area (Å²) in [5.74, 6) is 2.62. The van der Waals surface area contributed by atoms with E-state index in [1.165, 1.54) is 25.7 Å². The largest absolute Gasteiger partial charge is 0.369 e. The molecule has 0 aromatic rings. The van der Waals surface area contributed by atoms with Gasteiger partial charge in [0.05, 0.1) is 5.92 Å². The molecule has 0 radical (unpaired) electrons. The average molecular weight is 508 g/mol. The number of carbonyl (C=O) groups is 1. The summed E-state index contributed by atoms with van der Waals surface area (Å²) in [5, 5.41) is 3.44. The van der Waals surface area contributed by atoms with Crippen molar-refractivity contribution in [2.75, 3.05) is 46.3 Å². The lowest BCUT2D eigenvalue weighted by atomic mass is 9.83. The molecule has 2 aliphatic rings. The molecule has 164 valence electrons. The number of amides is 1. The molecule has 1 saturated heterocycles. The third-order valence-electron chi connectivity index (χ3n) is 6.17. The second-order valence-corrected chi connectivity index (χ2v) is 8.64. The monoisotopic (exact) mass is 507 g/mol. The van der Waals surface area contributed by atoms with Crippen LogP contribution in [-0.2, 0) is 4.79 Å². The van der Waals surface area contributed by atoms with Gasteiger partial charge in [-0.05, 0) is 64.0 Å². The summed E-state index contributed by atoms with van der Waals surface area (Å²) in [6.45, 7) is 10.2. The van der Waals surface area contributed by atoms with Gasteiger partial charge in [-0.1, -0.05) is 19.8 Å². The number of hydrogen-bond acceptors (Lipinski definition) is 3. The van der Waals surface area contributed by atoms with E-state index in [-0.39, 0.29) is 35.8 Å². The zero-order valence-corrected chi connectivity index (χ0v) is 20.5. The third kappa shape index (κ3) is 8.84. The fraction of sp³-hybridized carbons (Fsp3) is 0.905. The number of nitrogens with one attached hydrogen (secondary N) is 1. The van der Waals surface area contributed by atoms with Gasteiger partial charge in [0.25, 0.3) is 0 Å². The number of guanidine groups is 1. The summed E-state index contributed by atoms with van der Waals surface area (Å²) < 4.78 is 0. The van der Waals surface area contributed by atoms with Gasteiger partial charge in [-0.15, -0.1) is 24.0 Å². The van der Waals surface area contributed by atoms with Gasteiger partial charge in [-0.3, -0.25) is 9.79 Å². The summed E-state index contributed by atoms with van der Waals surface area (Å²) in [6, 6.07) is 0. The van der Waals surface area contributed by atoms with E-state index >= 15 is 0 Å². The molecule has 1 aliphatic carbocycles. The van der Waals surface area contributed by atoms with E-state index < -0.39 is 0 Å². The first-order valence-corrected chi connectivity index (χ1v) is 11.0. The third-order valence-corrected chi connectivity index (χ3v) is 6.17. The summed E-state index contributed by atoms with van der Waals surface area (Å²) in [6.07, 6.45) is 8.47. The van der Waals surface area contributed by atoms with Crippen LogP contribution in [0.5, 0.6) is 0 Å².